The van der Waals surface area contributed by atoms with Crippen molar-refractivity contribution in [2.75, 3.05) is 13.1 Å². The zero-order valence-corrected chi connectivity index (χ0v) is 6.40. The first-order valence-corrected chi connectivity index (χ1v) is 3.92. The van der Waals surface area contributed by atoms with Gasteiger partial charge in [-0.25, -0.2) is 0 Å². The second-order valence-electron chi connectivity index (χ2n) is 2.76. The normalized spacial score (nSPS) is 15.8. The van der Waals surface area contributed by atoms with Gasteiger partial charge in [0.1, 0.15) is 0 Å². The Morgan fingerprint density at radius 2 is 1.82 bits per heavy atom. The largest absolute Gasteiger partial charge is 0.374 e. The van der Waals surface area contributed by atoms with Crippen molar-refractivity contribution in [3.05, 3.63) is 42.1 Å². The summed E-state index contributed by atoms with van der Waals surface area (Å²) in [6.07, 6.45) is 4.29. The van der Waals surface area contributed by atoms with Crippen molar-refractivity contribution < 1.29 is 0 Å². The van der Waals surface area contributed by atoms with Crippen LogP contribution in [-0.4, -0.2) is 18.0 Å². The van der Waals surface area contributed by atoms with Crippen LogP contribution in [0.2, 0.25) is 0 Å². The molecule has 1 nitrogen and oxygen atoms in total. The third-order valence-electron chi connectivity index (χ3n) is 1.76. The van der Waals surface area contributed by atoms with Crippen LogP contribution < -0.4 is 0 Å². The van der Waals surface area contributed by atoms with Crippen LogP contribution in [0.5, 0.6) is 0 Å². The van der Waals surface area contributed by atoms with Crippen LogP contribution in [0.4, 0.5) is 0 Å². The van der Waals surface area contributed by atoms with Gasteiger partial charge < -0.3 is 4.90 Å². The topological polar surface area (TPSA) is 3.01 Å². The van der Waals surface area contributed by atoms with Crippen molar-refractivity contribution >= 4 is 6.08 Å². The first-order valence-electron chi connectivity index (χ1n) is 3.92. The lowest BCUT2D eigenvalue weighted by Crippen LogP contribution is -1.78. The molecule has 1 heteroatoms. The van der Waals surface area contributed by atoms with Crippen molar-refractivity contribution in [3.63, 3.8) is 0 Å². The zero-order chi connectivity index (χ0) is 7.52. The average Bonchev–Trinajstić information content (AvgIpc) is 2.86. The minimum atomic E-state index is 1.23. The van der Waals surface area contributed by atoms with E-state index < -0.39 is 0 Å². The molecule has 0 N–H and O–H groups in total. The highest BCUT2D eigenvalue weighted by atomic mass is 15.2. The summed E-state index contributed by atoms with van der Waals surface area (Å²) < 4.78 is 0. The first kappa shape index (κ1) is 6.47. The SMILES string of the molecule is C(=C\N1CC1)/c1ccccc1. The van der Waals surface area contributed by atoms with Crippen LogP contribution in [0.15, 0.2) is 36.5 Å². The van der Waals surface area contributed by atoms with Gasteiger partial charge in [0.05, 0.1) is 0 Å². The molecule has 11 heavy (non-hydrogen) atoms. The van der Waals surface area contributed by atoms with Crippen LogP contribution in [0.1, 0.15) is 5.56 Å². The van der Waals surface area contributed by atoms with E-state index in [1.165, 1.54) is 18.7 Å². The Hall–Kier alpha value is -1.24. The van der Waals surface area contributed by atoms with Crippen LogP contribution in [-0.2, 0) is 0 Å². The minimum absolute atomic E-state index is 1.23. The van der Waals surface area contributed by atoms with Gasteiger partial charge in [-0.3, -0.25) is 0 Å². The Bertz CT molecular complexity index is 247. The quantitative estimate of drug-likeness (QED) is 0.575. The van der Waals surface area contributed by atoms with Crippen molar-refractivity contribution in [3.8, 4) is 0 Å². The smallest absolute Gasteiger partial charge is 0.0349 e. The zero-order valence-electron chi connectivity index (χ0n) is 6.40. The molecule has 1 heterocycles. The van der Waals surface area contributed by atoms with Gasteiger partial charge >= 0.3 is 0 Å². The van der Waals surface area contributed by atoms with Crippen LogP contribution in [0.3, 0.4) is 0 Å². The highest BCUT2D eigenvalue weighted by molar-refractivity contribution is 5.48. The summed E-state index contributed by atoms with van der Waals surface area (Å²) >= 11 is 0. The highest BCUT2D eigenvalue weighted by Gasteiger charge is 2.10. The average molecular weight is 145 g/mol. The molecular formula is C10H11N. The van der Waals surface area contributed by atoms with E-state index in [9.17, 15) is 0 Å². The standard InChI is InChI=1S/C10H11N/c1-2-4-10(5-3-1)6-7-11-8-9-11/h1-7H,8-9H2/b7-6+. The number of nitrogens with zero attached hydrogens (tertiary/aromatic N) is 1. The first-order chi connectivity index (χ1) is 5.45. The molecule has 1 aromatic carbocycles. The fraction of sp³-hybridized carbons (Fsp3) is 0.200. The summed E-state index contributed by atoms with van der Waals surface area (Å²) in [5.41, 5.74) is 1.28. The van der Waals surface area contributed by atoms with E-state index >= 15 is 0 Å². The predicted molar refractivity (Wildman–Crippen MR) is 47.0 cm³/mol. The lowest BCUT2D eigenvalue weighted by atomic mass is 10.2. The number of hydrogen-bond acceptors (Lipinski definition) is 1. The van der Waals surface area contributed by atoms with Gasteiger partial charge in [-0.05, 0) is 17.8 Å². The maximum atomic E-state index is 2.27. The van der Waals surface area contributed by atoms with Gasteiger partial charge in [0.25, 0.3) is 0 Å². The summed E-state index contributed by atoms with van der Waals surface area (Å²) in [5.74, 6) is 0. The molecule has 1 aliphatic rings. The fourth-order valence-corrected chi connectivity index (χ4v) is 0.962. The predicted octanol–water partition coefficient (Wildman–Crippen LogP) is 1.97. The molecule has 0 spiro atoms. The van der Waals surface area contributed by atoms with E-state index in [0.717, 1.165) is 0 Å². The summed E-state index contributed by atoms with van der Waals surface area (Å²) in [6, 6.07) is 10.4. The molecule has 1 aliphatic heterocycles. The van der Waals surface area contributed by atoms with E-state index in [4.69, 9.17) is 0 Å². The summed E-state index contributed by atoms with van der Waals surface area (Å²) in [4.78, 5) is 2.27. The molecule has 0 aromatic heterocycles. The number of hydrogen-bond donors (Lipinski definition) is 0. The van der Waals surface area contributed by atoms with Crippen LogP contribution in [0, 0.1) is 0 Å². The Balaban J connectivity index is 2.05. The van der Waals surface area contributed by atoms with E-state index in [-0.39, 0.29) is 0 Å². The van der Waals surface area contributed by atoms with Gasteiger partial charge in [-0.2, -0.15) is 0 Å². The molecule has 1 saturated heterocycles. The lowest BCUT2D eigenvalue weighted by molar-refractivity contribution is 0.778. The maximum absolute atomic E-state index is 2.27. The van der Waals surface area contributed by atoms with Gasteiger partial charge in [-0.15, -0.1) is 0 Å². The molecule has 0 bridgehead atoms. The van der Waals surface area contributed by atoms with E-state index in [2.05, 4.69) is 41.4 Å². The second-order valence-corrected chi connectivity index (χ2v) is 2.76. The molecule has 0 atom stereocenters. The molecular weight excluding hydrogens is 134 g/mol. The molecule has 0 unspecified atom stereocenters. The molecule has 0 saturated carbocycles. The maximum Gasteiger partial charge on any atom is 0.0349 e. The van der Waals surface area contributed by atoms with Crippen molar-refractivity contribution in [1.82, 2.24) is 4.90 Å². The number of rotatable bonds is 2. The highest BCUT2D eigenvalue weighted by Crippen LogP contribution is 2.07. The van der Waals surface area contributed by atoms with Crippen LogP contribution >= 0.6 is 0 Å². The van der Waals surface area contributed by atoms with Crippen molar-refractivity contribution in [2.24, 2.45) is 0 Å². The Kier molecular flexibility index (Phi) is 1.64. The summed E-state index contributed by atoms with van der Waals surface area (Å²) in [6.45, 7) is 2.45. The summed E-state index contributed by atoms with van der Waals surface area (Å²) in [7, 11) is 0. The Labute approximate surface area is 67.0 Å². The lowest BCUT2D eigenvalue weighted by Gasteiger charge is -1.91. The van der Waals surface area contributed by atoms with E-state index in [1.54, 1.807) is 0 Å². The molecule has 1 aromatic rings. The monoisotopic (exact) mass is 145 g/mol. The van der Waals surface area contributed by atoms with E-state index in [0.29, 0.717) is 0 Å². The molecule has 56 valence electrons. The van der Waals surface area contributed by atoms with Gasteiger partial charge in [0.15, 0.2) is 0 Å². The second kappa shape index (κ2) is 2.79. The third-order valence-corrected chi connectivity index (χ3v) is 1.76. The van der Waals surface area contributed by atoms with Crippen molar-refractivity contribution in [2.45, 2.75) is 0 Å². The molecule has 0 amide bonds. The van der Waals surface area contributed by atoms with Crippen molar-refractivity contribution in [1.29, 1.82) is 0 Å². The van der Waals surface area contributed by atoms with Gasteiger partial charge in [-0.1, -0.05) is 30.3 Å². The molecule has 0 radical (unpaired) electrons. The Morgan fingerprint density at radius 3 is 2.45 bits per heavy atom. The fourth-order valence-electron chi connectivity index (χ4n) is 0.962. The van der Waals surface area contributed by atoms with E-state index in [1.807, 2.05) is 6.07 Å². The number of benzene rings is 1. The van der Waals surface area contributed by atoms with Crippen LogP contribution in [0.25, 0.3) is 6.08 Å². The third kappa shape index (κ3) is 1.84. The minimum Gasteiger partial charge on any atom is -0.374 e. The van der Waals surface area contributed by atoms with Gasteiger partial charge in [0, 0.05) is 13.1 Å². The molecule has 0 aliphatic carbocycles. The Morgan fingerprint density at radius 1 is 1.09 bits per heavy atom. The summed E-state index contributed by atoms with van der Waals surface area (Å²) in [5, 5.41) is 0. The molecule has 1 fully saturated rings. The molecule has 2 rings (SSSR count). The van der Waals surface area contributed by atoms with Gasteiger partial charge in [0.2, 0.25) is 0 Å².